The second kappa shape index (κ2) is 13.7. The van der Waals surface area contributed by atoms with Crippen LogP contribution in [0, 0.1) is 11.6 Å². The van der Waals surface area contributed by atoms with Gasteiger partial charge in [0.25, 0.3) is 0 Å². The molecule has 224 valence electrons. The number of para-hydroxylation sites is 1. The smallest absolute Gasteiger partial charge is 0.329 e. The fourth-order valence-electron chi connectivity index (χ4n) is 5.22. The van der Waals surface area contributed by atoms with Crippen molar-refractivity contribution in [1.82, 2.24) is 9.88 Å². The predicted octanol–water partition coefficient (Wildman–Crippen LogP) is 5.04. The average molecular weight is 579 g/mol. The Morgan fingerprint density at radius 1 is 1.02 bits per heavy atom. The SMILES string of the molecule is C[C@@H]1Cc2c([nH]c3ccccc23)[C@@H](c2c(F)cc(OCCOCCOCCOCC(=O)O)cc2F)N1CC(C)(C)F. The van der Waals surface area contributed by atoms with E-state index in [4.69, 9.17) is 24.1 Å². The number of nitrogens with zero attached hydrogens (tertiary/aromatic N) is 1. The van der Waals surface area contributed by atoms with E-state index in [1.54, 1.807) is 0 Å². The van der Waals surface area contributed by atoms with Gasteiger partial charge < -0.3 is 29.0 Å². The summed E-state index contributed by atoms with van der Waals surface area (Å²) in [6.45, 7) is 5.67. The van der Waals surface area contributed by atoms with Gasteiger partial charge in [0.15, 0.2) is 0 Å². The first-order chi connectivity index (χ1) is 19.5. The third-order valence-corrected chi connectivity index (χ3v) is 6.87. The molecule has 4 rings (SSSR count). The Morgan fingerprint density at radius 2 is 1.63 bits per heavy atom. The third-order valence-electron chi connectivity index (χ3n) is 6.87. The number of alkyl halides is 1. The number of H-pyrrole nitrogens is 1. The molecule has 2 atom stereocenters. The van der Waals surface area contributed by atoms with E-state index in [2.05, 4.69) is 4.98 Å². The summed E-state index contributed by atoms with van der Waals surface area (Å²) in [4.78, 5) is 15.5. The van der Waals surface area contributed by atoms with Crippen LogP contribution in [-0.2, 0) is 25.4 Å². The lowest BCUT2D eigenvalue weighted by molar-refractivity contribution is -0.142. The third kappa shape index (κ3) is 8.00. The number of nitrogens with one attached hydrogen (secondary N) is 1. The Labute approximate surface area is 237 Å². The minimum atomic E-state index is -1.58. The molecular weight excluding hydrogens is 541 g/mol. The highest BCUT2D eigenvalue weighted by Gasteiger charge is 2.41. The Morgan fingerprint density at radius 3 is 2.27 bits per heavy atom. The molecule has 2 aromatic carbocycles. The molecule has 0 spiro atoms. The van der Waals surface area contributed by atoms with Gasteiger partial charge in [-0.15, -0.1) is 0 Å². The van der Waals surface area contributed by atoms with E-state index in [0.717, 1.165) is 28.6 Å². The van der Waals surface area contributed by atoms with Crippen molar-refractivity contribution in [1.29, 1.82) is 0 Å². The second-order valence-corrected chi connectivity index (χ2v) is 10.7. The van der Waals surface area contributed by atoms with Crippen LogP contribution in [0.3, 0.4) is 0 Å². The number of rotatable bonds is 15. The highest BCUT2D eigenvalue weighted by atomic mass is 19.1. The van der Waals surface area contributed by atoms with E-state index in [-0.39, 0.29) is 70.1 Å². The molecule has 2 heterocycles. The van der Waals surface area contributed by atoms with Crippen LogP contribution in [-0.4, -0.2) is 85.5 Å². The maximum Gasteiger partial charge on any atom is 0.329 e. The molecule has 2 N–H and O–H groups in total. The lowest BCUT2D eigenvalue weighted by Crippen LogP contribution is -2.48. The predicted molar refractivity (Wildman–Crippen MR) is 147 cm³/mol. The molecule has 0 fully saturated rings. The van der Waals surface area contributed by atoms with Crippen molar-refractivity contribution in [3.63, 3.8) is 0 Å². The number of carboxylic acids is 1. The molecule has 41 heavy (non-hydrogen) atoms. The molecule has 1 aliphatic rings. The van der Waals surface area contributed by atoms with Crippen molar-refractivity contribution in [3.05, 3.63) is 64.9 Å². The van der Waals surface area contributed by atoms with Crippen LogP contribution in [0.15, 0.2) is 36.4 Å². The van der Waals surface area contributed by atoms with Crippen molar-refractivity contribution in [3.8, 4) is 5.75 Å². The summed E-state index contributed by atoms with van der Waals surface area (Å²) in [5.74, 6) is -2.57. The van der Waals surface area contributed by atoms with Crippen molar-refractivity contribution in [2.24, 2.45) is 0 Å². The van der Waals surface area contributed by atoms with Gasteiger partial charge in [0.1, 0.15) is 36.3 Å². The number of hydrogen-bond acceptors (Lipinski definition) is 6. The second-order valence-electron chi connectivity index (χ2n) is 10.7. The summed E-state index contributed by atoms with van der Waals surface area (Å²) in [6, 6.07) is 9.04. The first-order valence-corrected chi connectivity index (χ1v) is 13.7. The molecule has 0 saturated heterocycles. The van der Waals surface area contributed by atoms with Crippen molar-refractivity contribution in [2.75, 3.05) is 52.8 Å². The number of fused-ring (bicyclic) bond motifs is 3. The fourth-order valence-corrected chi connectivity index (χ4v) is 5.22. The van der Waals surface area contributed by atoms with E-state index in [0.29, 0.717) is 12.1 Å². The van der Waals surface area contributed by atoms with E-state index in [1.165, 1.54) is 13.8 Å². The fraction of sp³-hybridized carbons (Fsp3) is 0.500. The van der Waals surface area contributed by atoms with Gasteiger partial charge in [-0.3, -0.25) is 4.90 Å². The summed E-state index contributed by atoms with van der Waals surface area (Å²) >= 11 is 0. The van der Waals surface area contributed by atoms with Crippen LogP contribution in [0.2, 0.25) is 0 Å². The van der Waals surface area contributed by atoms with Crippen LogP contribution in [0.1, 0.15) is 43.6 Å². The topological polar surface area (TPSA) is 93.2 Å². The number of aromatic nitrogens is 1. The van der Waals surface area contributed by atoms with Crippen LogP contribution in [0.5, 0.6) is 5.75 Å². The molecular formula is C30H37F3N2O6. The van der Waals surface area contributed by atoms with Crippen LogP contribution < -0.4 is 4.74 Å². The number of aliphatic carboxylic acids is 1. The standard InChI is InChI=1S/C30H37F3N2O6/c1-19-14-22-21-6-4-5-7-25(21)34-28(22)29(35(19)18-30(2,3)33)27-23(31)15-20(16-24(27)32)41-13-12-39-9-8-38-10-11-40-17-26(36)37/h4-7,15-16,19,29,34H,8-14,17-18H2,1-3H3,(H,36,37)/t19-,29-/m1/s1. The molecule has 0 bridgehead atoms. The normalized spacial score (nSPS) is 17.6. The number of benzene rings is 2. The summed E-state index contributed by atoms with van der Waals surface area (Å²) in [5, 5.41) is 9.48. The van der Waals surface area contributed by atoms with Gasteiger partial charge >= 0.3 is 5.97 Å². The van der Waals surface area contributed by atoms with Gasteiger partial charge in [-0.25, -0.2) is 18.0 Å². The van der Waals surface area contributed by atoms with E-state index in [9.17, 15) is 9.18 Å². The molecule has 0 saturated carbocycles. The number of aromatic amines is 1. The van der Waals surface area contributed by atoms with Gasteiger partial charge in [0.2, 0.25) is 0 Å². The summed E-state index contributed by atoms with van der Waals surface area (Å²) in [7, 11) is 0. The zero-order chi connectivity index (χ0) is 29.6. The van der Waals surface area contributed by atoms with Crippen molar-refractivity contribution >= 4 is 16.9 Å². The molecule has 0 unspecified atom stereocenters. The average Bonchev–Trinajstić information content (AvgIpc) is 3.25. The van der Waals surface area contributed by atoms with Gasteiger partial charge in [0.05, 0.1) is 39.1 Å². The van der Waals surface area contributed by atoms with Crippen LogP contribution in [0.4, 0.5) is 13.2 Å². The number of hydrogen-bond donors (Lipinski definition) is 2. The lowest BCUT2D eigenvalue weighted by Gasteiger charge is -2.43. The van der Waals surface area contributed by atoms with E-state index < -0.39 is 29.3 Å². The Balaban J connectivity index is 1.42. The van der Waals surface area contributed by atoms with E-state index in [1.807, 2.05) is 36.1 Å². The van der Waals surface area contributed by atoms with Crippen LogP contribution in [0.25, 0.3) is 10.9 Å². The summed E-state index contributed by atoms with van der Waals surface area (Å²) in [6.07, 6.45) is 0.625. The summed E-state index contributed by atoms with van der Waals surface area (Å²) in [5.41, 5.74) is 0.796. The lowest BCUT2D eigenvalue weighted by atomic mass is 9.87. The quantitative estimate of drug-likeness (QED) is 0.244. The largest absolute Gasteiger partial charge is 0.491 e. The summed E-state index contributed by atoms with van der Waals surface area (Å²) < 4.78 is 67.3. The Hall–Kier alpha value is -3.12. The molecule has 1 aromatic heterocycles. The first kappa shape index (κ1) is 30.8. The molecule has 3 aromatic rings. The number of carboxylic acid groups (broad SMARTS) is 1. The highest BCUT2D eigenvalue weighted by Crippen LogP contribution is 2.43. The zero-order valence-electron chi connectivity index (χ0n) is 23.6. The maximum atomic E-state index is 15.7. The van der Waals surface area contributed by atoms with Gasteiger partial charge in [0, 0.05) is 46.9 Å². The number of halogens is 3. The van der Waals surface area contributed by atoms with Crippen LogP contribution >= 0.6 is 0 Å². The molecule has 0 aliphatic carbocycles. The monoisotopic (exact) mass is 578 g/mol. The molecule has 0 radical (unpaired) electrons. The number of ether oxygens (including phenoxy) is 4. The molecule has 11 heteroatoms. The first-order valence-electron chi connectivity index (χ1n) is 13.7. The molecule has 1 aliphatic heterocycles. The minimum absolute atomic E-state index is 0.00117. The van der Waals surface area contributed by atoms with E-state index >= 15 is 8.78 Å². The zero-order valence-corrected chi connectivity index (χ0v) is 23.6. The van der Waals surface area contributed by atoms with Gasteiger partial charge in [-0.1, -0.05) is 18.2 Å². The highest BCUT2D eigenvalue weighted by molar-refractivity contribution is 5.85. The Bertz CT molecular complexity index is 1300. The van der Waals surface area contributed by atoms with Gasteiger partial charge in [-0.2, -0.15) is 0 Å². The minimum Gasteiger partial charge on any atom is -0.491 e. The Kier molecular flexibility index (Phi) is 10.3. The molecule has 8 nitrogen and oxygen atoms in total. The molecule has 0 amide bonds. The van der Waals surface area contributed by atoms with Crippen molar-refractivity contribution in [2.45, 2.75) is 44.9 Å². The number of carbonyl (C=O) groups is 1. The maximum absolute atomic E-state index is 15.7. The van der Waals surface area contributed by atoms with Crippen molar-refractivity contribution < 1.29 is 42.0 Å². The van der Waals surface area contributed by atoms with Gasteiger partial charge in [-0.05, 0) is 38.8 Å².